The fraction of sp³-hybridized carbons (Fsp3) is 0.364. The molecule has 1 saturated heterocycles. The number of carbonyl (C=O) groups excluding carboxylic acids is 4. The molecule has 2 aromatic rings. The molecular formula is C22H25N3O4. The van der Waals surface area contributed by atoms with Gasteiger partial charge in [0, 0.05) is 11.3 Å². The van der Waals surface area contributed by atoms with Crippen LogP contribution in [0.25, 0.3) is 0 Å². The van der Waals surface area contributed by atoms with E-state index in [1.165, 1.54) is 6.92 Å². The molecule has 0 aliphatic carbocycles. The maximum absolute atomic E-state index is 12.9. The van der Waals surface area contributed by atoms with Crippen molar-refractivity contribution in [3.8, 4) is 0 Å². The van der Waals surface area contributed by atoms with E-state index in [2.05, 4.69) is 10.3 Å². The molecule has 2 N–H and O–H groups in total. The summed E-state index contributed by atoms with van der Waals surface area (Å²) < 4.78 is 0. The molecule has 0 radical (unpaired) electrons. The number of hydrogen-bond donors (Lipinski definition) is 2. The molecule has 3 amide bonds. The van der Waals surface area contributed by atoms with Crippen LogP contribution in [0.3, 0.4) is 0 Å². The van der Waals surface area contributed by atoms with Gasteiger partial charge in [0.15, 0.2) is 11.6 Å². The monoisotopic (exact) mass is 395 g/mol. The third kappa shape index (κ3) is 3.85. The highest BCUT2D eigenvalue weighted by Crippen LogP contribution is 2.25. The summed E-state index contributed by atoms with van der Waals surface area (Å²) in [7, 11) is 0. The molecule has 0 bridgehead atoms. The van der Waals surface area contributed by atoms with Crippen molar-refractivity contribution in [2.75, 3.05) is 6.54 Å². The predicted molar refractivity (Wildman–Crippen MR) is 108 cm³/mol. The van der Waals surface area contributed by atoms with Crippen LogP contribution in [0.2, 0.25) is 0 Å². The van der Waals surface area contributed by atoms with Gasteiger partial charge in [0.25, 0.3) is 5.91 Å². The van der Waals surface area contributed by atoms with Gasteiger partial charge < -0.3 is 10.3 Å². The first-order valence-electron chi connectivity index (χ1n) is 9.55. The van der Waals surface area contributed by atoms with Crippen LogP contribution in [-0.4, -0.2) is 45.5 Å². The lowest BCUT2D eigenvalue weighted by Gasteiger charge is -2.21. The Morgan fingerprint density at radius 3 is 2.34 bits per heavy atom. The summed E-state index contributed by atoms with van der Waals surface area (Å²) in [6, 6.07) is 9.13. The molecule has 1 aromatic heterocycles. The molecule has 1 aromatic carbocycles. The molecule has 3 rings (SSSR count). The van der Waals surface area contributed by atoms with Crippen molar-refractivity contribution in [1.29, 1.82) is 0 Å². The summed E-state index contributed by atoms with van der Waals surface area (Å²) in [6.07, 6.45) is 1.06. The van der Waals surface area contributed by atoms with Crippen molar-refractivity contribution in [3.05, 3.63) is 58.4 Å². The molecule has 7 heteroatoms. The quantitative estimate of drug-likeness (QED) is 0.556. The molecule has 1 atom stereocenters. The van der Waals surface area contributed by atoms with Crippen molar-refractivity contribution in [3.63, 3.8) is 0 Å². The first kappa shape index (κ1) is 20.5. The molecule has 1 aliphatic rings. The van der Waals surface area contributed by atoms with Gasteiger partial charge in [0.1, 0.15) is 5.54 Å². The summed E-state index contributed by atoms with van der Waals surface area (Å²) in [5.74, 6) is -0.966. The molecule has 0 saturated carbocycles. The number of hydrogen-bond acceptors (Lipinski definition) is 4. The molecule has 1 fully saturated rings. The lowest BCUT2D eigenvalue weighted by atomic mass is 9.93. The highest BCUT2D eigenvalue weighted by atomic mass is 16.2. The Hall–Kier alpha value is -3.22. The average Bonchev–Trinajstić information content (AvgIpc) is 3.08. The maximum Gasteiger partial charge on any atom is 0.325 e. The lowest BCUT2D eigenvalue weighted by molar-refractivity contribution is -0.130. The minimum atomic E-state index is -1.06. The molecular weight excluding hydrogens is 370 g/mol. The Morgan fingerprint density at radius 1 is 1.10 bits per heavy atom. The molecule has 2 heterocycles. The van der Waals surface area contributed by atoms with Gasteiger partial charge in [-0.1, -0.05) is 30.3 Å². The second-order valence-electron chi connectivity index (χ2n) is 7.74. The highest BCUT2D eigenvalue weighted by molar-refractivity contribution is 6.11. The van der Waals surface area contributed by atoms with Crippen LogP contribution in [0.1, 0.15) is 57.9 Å². The number of carbonyl (C=O) groups is 4. The summed E-state index contributed by atoms with van der Waals surface area (Å²) in [5.41, 5.74) is 1.88. The Morgan fingerprint density at radius 2 is 1.76 bits per heavy atom. The standard InChI is InChI=1S/C22H25N3O4/c1-13-18(15(3)26)14(2)23-19(13)17(27)12-25-20(28)22(4,24-21(25)29)11-10-16-8-6-5-7-9-16/h5-9,23H,10-12H2,1-4H3,(H,24,29)/t22-/m0/s1. The van der Waals surface area contributed by atoms with Crippen LogP contribution in [0, 0.1) is 13.8 Å². The van der Waals surface area contributed by atoms with Crippen LogP contribution in [0.15, 0.2) is 30.3 Å². The van der Waals surface area contributed by atoms with Crippen molar-refractivity contribution in [2.45, 2.75) is 46.1 Å². The first-order valence-corrected chi connectivity index (χ1v) is 9.55. The van der Waals surface area contributed by atoms with E-state index in [1.54, 1.807) is 20.8 Å². The van der Waals surface area contributed by atoms with Crippen LogP contribution >= 0.6 is 0 Å². The zero-order chi connectivity index (χ0) is 21.3. The van der Waals surface area contributed by atoms with Crippen molar-refractivity contribution in [1.82, 2.24) is 15.2 Å². The molecule has 29 heavy (non-hydrogen) atoms. The zero-order valence-electron chi connectivity index (χ0n) is 17.1. The van der Waals surface area contributed by atoms with E-state index >= 15 is 0 Å². The number of aryl methyl sites for hydroxylation is 2. The molecule has 1 aliphatic heterocycles. The van der Waals surface area contributed by atoms with Gasteiger partial charge in [-0.3, -0.25) is 19.3 Å². The normalized spacial score (nSPS) is 18.8. The van der Waals surface area contributed by atoms with E-state index in [0.29, 0.717) is 29.7 Å². The minimum Gasteiger partial charge on any atom is -0.355 e. The summed E-state index contributed by atoms with van der Waals surface area (Å²) >= 11 is 0. The number of amides is 3. The van der Waals surface area contributed by atoms with Crippen LogP contribution < -0.4 is 5.32 Å². The van der Waals surface area contributed by atoms with Gasteiger partial charge >= 0.3 is 6.03 Å². The number of rotatable bonds is 7. The predicted octanol–water partition coefficient (Wildman–Crippen LogP) is 2.96. The van der Waals surface area contributed by atoms with E-state index < -0.39 is 23.3 Å². The van der Waals surface area contributed by atoms with E-state index in [1.807, 2.05) is 30.3 Å². The fourth-order valence-electron chi connectivity index (χ4n) is 3.88. The van der Waals surface area contributed by atoms with Gasteiger partial charge in [0.2, 0.25) is 0 Å². The van der Waals surface area contributed by atoms with Crippen LogP contribution in [-0.2, 0) is 11.2 Å². The van der Waals surface area contributed by atoms with Gasteiger partial charge in [0.05, 0.1) is 12.2 Å². The van der Waals surface area contributed by atoms with Gasteiger partial charge in [-0.15, -0.1) is 0 Å². The molecule has 0 spiro atoms. The summed E-state index contributed by atoms with van der Waals surface area (Å²) in [4.78, 5) is 53.8. The smallest absolute Gasteiger partial charge is 0.325 e. The molecule has 7 nitrogen and oxygen atoms in total. The summed E-state index contributed by atoms with van der Waals surface area (Å²) in [5, 5.41) is 2.73. The number of nitrogens with one attached hydrogen (secondary N) is 2. The van der Waals surface area contributed by atoms with Crippen molar-refractivity contribution in [2.24, 2.45) is 0 Å². The second-order valence-corrected chi connectivity index (χ2v) is 7.74. The molecule has 152 valence electrons. The number of imide groups is 1. The number of nitrogens with zero attached hydrogens (tertiary/aromatic N) is 1. The van der Waals surface area contributed by atoms with Crippen LogP contribution in [0.5, 0.6) is 0 Å². The average molecular weight is 395 g/mol. The number of H-pyrrole nitrogens is 1. The zero-order valence-corrected chi connectivity index (χ0v) is 17.1. The number of aromatic nitrogens is 1. The lowest BCUT2D eigenvalue weighted by Crippen LogP contribution is -2.44. The number of aromatic amines is 1. The number of ketones is 2. The number of urea groups is 1. The largest absolute Gasteiger partial charge is 0.355 e. The Bertz CT molecular complexity index is 993. The minimum absolute atomic E-state index is 0.140. The molecule has 0 unspecified atom stereocenters. The SMILES string of the molecule is CC(=O)c1c(C)[nH]c(C(=O)CN2C(=O)N[C@@](C)(CCc3ccccc3)C2=O)c1C. The third-order valence-corrected chi connectivity index (χ3v) is 5.47. The summed E-state index contributed by atoms with van der Waals surface area (Å²) in [6.45, 7) is 6.15. The number of benzene rings is 1. The second kappa shape index (κ2) is 7.66. The van der Waals surface area contributed by atoms with E-state index in [9.17, 15) is 19.2 Å². The van der Waals surface area contributed by atoms with Gasteiger partial charge in [-0.2, -0.15) is 0 Å². The van der Waals surface area contributed by atoms with Crippen molar-refractivity contribution >= 4 is 23.5 Å². The topological polar surface area (TPSA) is 99.3 Å². The Labute approximate surface area is 169 Å². The van der Waals surface area contributed by atoms with E-state index in [4.69, 9.17) is 0 Å². The third-order valence-electron chi connectivity index (χ3n) is 5.47. The van der Waals surface area contributed by atoms with E-state index in [-0.39, 0.29) is 18.0 Å². The van der Waals surface area contributed by atoms with E-state index in [0.717, 1.165) is 10.5 Å². The Balaban J connectivity index is 1.74. The first-order chi connectivity index (χ1) is 13.6. The Kier molecular flexibility index (Phi) is 5.42. The number of Topliss-reactive ketones (excluding diaryl/α,β-unsaturated/α-hetero) is 2. The van der Waals surface area contributed by atoms with Crippen molar-refractivity contribution < 1.29 is 19.2 Å². The van der Waals surface area contributed by atoms with Gasteiger partial charge in [-0.05, 0) is 51.7 Å². The van der Waals surface area contributed by atoms with Gasteiger partial charge in [-0.25, -0.2) is 4.79 Å². The van der Waals surface area contributed by atoms with Crippen LogP contribution in [0.4, 0.5) is 4.79 Å². The maximum atomic E-state index is 12.9. The fourth-order valence-corrected chi connectivity index (χ4v) is 3.88. The highest BCUT2D eigenvalue weighted by Gasteiger charge is 2.48.